The van der Waals surface area contributed by atoms with Gasteiger partial charge in [0.2, 0.25) is 0 Å². The van der Waals surface area contributed by atoms with E-state index in [-0.39, 0.29) is 33.9 Å². The second-order valence-corrected chi connectivity index (χ2v) is 6.06. The van der Waals surface area contributed by atoms with Crippen molar-refractivity contribution in [2.75, 3.05) is 13.7 Å². The number of nitrogens with one attached hydrogen (secondary N) is 2. The first-order chi connectivity index (χ1) is 14.3. The standard InChI is InChI=1S/C19H17F3N4O4/c1-29-14-5-3-2-4-12(14)16-17(25-26-18(16)19(20,21)22)11-7-6-10(8-13(11)27)30-9-15(28)24-23/h2-8,27H,9,23H2,1H3,(H,24,28)(H,25,26). The van der Waals surface area contributed by atoms with E-state index in [1.807, 2.05) is 10.5 Å². The summed E-state index contributed by atoms with van der Waals surface area (Å²) in [5.74, 6) is 4.29. The second-order valence-electron chi connectivity index (χ2n) is 6.06. The molecule has 0 bridgehead atoms. The van der Waals surface area contributed by atoms with E-state index in [2.05, 4.69) is 5.10 Å². The third-order valence-electron chi connectivity index (χ3n) is 4.18. The van der Waals surface area contributed by atoms with Gasteiger partial charge in [0.1, 0.15) is 28.6 Å². The van der Waals surface area contributed by atoms with Crippen LogP contribution in [0.15, 0.2) is 42.5 Å². The van der Waals surface area contributed by atoms with Gasteiger partial charge in [0, 0.05) is 22.8 Å². The summed E-state index contributed by atoms with van der Waals surface area (Å²) in [7, 11) is 1.34. The van der Waals surface area contributed by atoms with Crippen molar-refractivity contribution >= 4 is 5.91 Å². The number of hydrazine groups is 1. The van der Waals surface area contributed by atoms with Crippen LogP contribution in [0.3, 0.4) is 0 Å². The van der Waals surface area contributed by atoms with Crippen LogP contribution in [0.2, 0.25) is 0 Å². The Morgan fingerprint density at radius 3 is 2.60 bits per heavy atom. The van der Waals surface area contributed by atoms with Crippen LogP contribution < -0.4 is 20.7 Å². The molecule has 0 atom stereocenters. The number of hydrogen-bond donors (Lipinski definition) is 4. The average molecular weight is 422 g/mol. The summed E-state index contributed by atoms with van der Waals surface area (Å²) in [6.07, 6.45) is -4.73. The van der Waals surface area contributed by atoms with E-state index in [9.17, 15) is 23.1 Å². The summed E-state index contributed by atoms with van der Waals surface area (Å²) in [5, 5.41) is 16.2. The summed E-state index contributed by atoms with van der Waals surface area (Å²) in [4.78, 5) is 11.2. The fourth-order valence-corrected chi connectivity index (χ4v) is 2.85. The molecule has 0 unspecified atom stereocenters. The zero-order chi connectivity index (χ0) is 21.9. The van der Waals surface area contributed by atoms with E-state index in [4.69, 9.17) is 15.3 Å². The number of rotatable bonds is 6. The molecule has 0 aliphatic heterocycles. The predicted octanol–water partition coefficient (Wildman–Crippen LogP) is 2.85. The van der Waals surface area contributed by atoms with Crippen LogP contribution in [0.5, 0.6) is 17.2 Å². The number of benzene rings is 2. The van der Waals surface area contributed by atoms with Crippen LogP contribution in [-0.4, -0.2) is 34.9 Å². The highest BCUT2D eigenvalue weighted by molar-refractivity contribution is 5.88. The average Bonchev–Trinajstić information content (AvgIpc) is 3.17. The Morgan fingerprint density at radius 2 is 1.97 bits per heavy atom. The van der Waals surface area contributed by atoms with E-state index < -0.39 is 30.1 Å². The number of amides is 1. The lowest BCUT2D eigenvalue weighted by molar-refractivity contribution is -0.140. The number of nitrogens with two attached hydrogens (primary N) is 1. The van der Waals surface area contributed by atoms with Gasteiger partial charge in [0.25, 0.3) is 5.91 Å². The van der Waals surface area contributed by atoms with Gasteiger partial charge in [-0.3, -0.25) is 15.3 Å². The van der Waals surface area contributed by atoms with E-state index in [1.54, 1.807) is 12.1 Å². The molecule has 30 heavy (non-hydrogen) atoms. The molecule has 0 aliphatic rings. The number of carbonyl (C=O) groups excluding carboxylic acids is 1. The molecule has 0 spiro atoms. The monoisotopic (exact) mass is 422 g/mol. The topological polar surface area (TPSA) is 122 Å². The van der Waals surface area contributed by atoms with Crippen LogP contribution in [0.1, 0.15) is 5.69 Å². The summed E-state index contributed by atoms with van der Waals surface area (Å²) in [6.45, 7) is -0.400. The highest BCUT2D eigenvalue weighted by Gasteiger charge is 2.39. The Balaban J connectivity index is 2.11. The van der Waals surface area contributed by atoms with Crippen molar-refractivity contribution in [3.63, 3.8) is 0 Å². The largest absolute Gasteiger partial charge is 0.507 e. The Hall–Kier alpha value is -3.73. The maximum Gasteiger partial charge on any atom is 0.433 e. The molecule has 0 fully saturated rings. The fourth-order valence-electron chi connectivity index (χ4n) is 2.85. The predicted molar refractivity (Wildman–Crippen MR) is 101 cm³/mol. The molecule has 1 heterocycles. The minimum Gasteiger partial charge on any atom is -0.507 e. The molecular formula is C19H17F3N4O4. The lowest BCUT2D eigenvalue weighted by Gasteiger charge is -2.13. The molecule has 1 aromatic heterocycles. The molecule has 2 aromatic carbocycles. The van der Waals surface area contributed by atoms with Crippen LogP contribution in [0.25, 0.3) is 22.4 Å². The number of nitrogens with zero attached hydrogens (tertiary/aromatic N) is 1. The number of halogens is 3. The van der Waals surface area contributed by atoms with Crippen LogP contribution in [0.4, 0.5) is 13.2 Å². The number of hydrogen-bond acceptors (Lipinski definition) is 6. The molecule has 0 radical (unpaired) electrons. The smallest absolute Gasteiger partial charge is 0.433 e. The van der Waals surface area contributed by atoms with Crippen molar-refractivity contribution in [3.05, 3.63) is 48.2 Å². The van der Waals surface area contributed by atoms with Gasteiger partial charge in [0.15, 0.2) is 6.61 Å². The number of aromatic amines is 1. The molecule has 8 nitrogen and oxygen atoms in total. The molecule has 0 saturated carbocycles. The third-order valence-corrected chi connectivity index (χ3v) is 4.18. The molecule has 158 valence electrons. The molecule has 1 amide bonds. The van der Waals surface area contributed by atoms with E-state index >= 15 is 0 Å². The molecule has 3 aromatic rings. The van der Waals surface area contributed by atoms with Gasteiger partial charge in [-0.25, -0.2) is 5.84 Å². The Labute approximate surface area is 168 Å². The van der Waals surface area contributed by atoms with E-state index in [0.29, 0.717) is 0 Å². The van der Waals surface area contributed by atoms with Crippen molar-refractivity contribution in [1.29, 1.82) is 0 Å². The van der Waals surface area contributed by atoms with Gasteiger partial charge < -0.3 is 14.6 Å². The van der Waals surface area contributed by atoms with Crippen molar-refractivity contribution in [1.82, 2.24) is 15.6 Å². The molecule has 5 N–H and O–H groups in total. The van der Waals surface area contributed by atoms with Crippen molar-refractivity contribution in [2.24, 2.45) is 5.84 Å². The first-order valence-corrected chi connectivity index (χ1v) is 8.50. The summed E-state index contributed by atoms with van der Waals surface area (Å²) >= 11 is 0. The Bertz CT molecular complexity index is 1070. The number of phenolic OH excluding ortho intramolecular Hbond substituents is 1. The second kappa shape index (κ2) is 8.33. The highest BCUT2D eigenvalue weighted by atomic mass is 19.4. The van der Waals surface area contributed by atoms with Crippen LogP contribution in [-0.2, 0) is 11.0 Å². The van der Waals surface area contributed by atoms with E-state index in [0.717, 1.165) is 6.07 Å². The minimum absolute atomic E-state index is 0.0262. The van der Waals surface area contributed by atoms with Gasteiger partial charge in [-0.1, -0.05) is 18.2 Å². The Morgan fingerprint density at radius 1 is 1.23 bits per heavy atom. The molecule has 11 heteroatoms. The van der Waals surface area contributed by atoms with Gasteiger partial charge >= 0.3 is 6.18 Å². The quantitative estimate of drug-likeness (QED) is 0.275. The first-order valence-electron chi connectivity index (χ1n) is 8.50. The number of aromatic nitrogens is 2. The molecule has 0 saturated heterocycles. The number of alkyl halides is 3. The number of carbonyl (C=O) groups is 1. The summed E-state index contributed by atoms with van der Waals surface area (Å²) < 4.78 is 51.3. The summed E-state index contributed by atoms with van der Waals surface area (Å²) in [6, 6.07) is 10.0. The zero-order valence-electron chi connectivity index (χ0n) is 15.6. The minimum atomic E-state index is -4.73. The first kappa shape index (κ1) is 21.0. The maximum absolute atomic E-state index is 13.6. The number of aromatic hydroxyl groups is 1. The third kappa shape index (κ3) is 4.15. The number of para-hydroxylation sites is 1. The molecular weight excluding hydrogens is 405 g/mol. The fraction of sp³-hybridized carbons (Fsp3) is 0.158. The Kier molecular flexibility index (Phi) is 5.83. The van der Waals surface area contributed by atoms with Crippen LogP contribution >= 0.6 is 0 Å². The summed E-state index contributed by atoms with van der Waals surface area (Å²) in [5.41, 5.74) is 0.573. The van der Waals surface area contributed by atoms with Gasteiger partial charge in [-0.05, 0) is 18.2 Å². The number of phenols is 1. The highest BCUT2D eigenvalue weighted by Crippen LogP contribution is 2.46. The molecule has 0 aliphatic carbocycles. The maximum atomic E-state index is 13.6. The number of H-pyrrole nitrogens is 1. The van der Waals surface area contributed by atoms with Gasteiger partial charge in [0.05, 0.1) is 7.11 Å². The lowest BCUT2D eigenvalue weighted by Crippen LogP contribution is -2.34. The number of ether oxygens (including phenoxy) is 2. The van der Waals surface area contributed by atoms with Crippen molar-refractivity contribution in [3.8, 4) is 39.6 Å². The van der Waals surface area contributed by atoms with E-state index in [1.165, 1.54) is 31.4 Å². The van der Waals surface area contributed by atoms with Gasteiger partial charge in [-0.2, -0.15) is 18.3 Å². The molecule has 3 rings (SSSR count). The lowest BCUT2D eigenvalue weighted by atomic mass is 9.97. The van der Waals surface area contributed by atoms with Crippen molar-refractivity contribution < 1.29 is 32.5 Å². The zero-order valence-corrected chi connectivity index (χ0v) is 15.6. The van der Waals surface area contributed by atoms with Gasteiger partial charge in [-0.15, -0.1) is 0 Å². The normalized spacial score (nSPS) is 11.2. The number of methoxy groups -OCH3 is 1. The van der Waals surface area contributed by atoms with Crippen molar-refractivity contribution in [2.45, 2.75) is 6.18 Å². The van der Waals surface area contributed by atoms with Crippen LogP contribution in [0, 0.1) is 0 Å². The SMILES string of the molecule is COc1ccccc1-c1c(-c2ccc(OCC(=O)NN)cc2O)n[nH]c1C(F)(F)F.